The van der Waals surface area contributed by atoms with Gasteiger partial charge in [-0.25, -0.2) is 0 Å². The van der Waals surface area contributed by atoms with E-state index in [4.69, 9.17) is 0 Å². The van der Waals surface area contributed by atoms with Crippen molar-refractivity contribution < 1.29 is 0 Å². The van der Waals surface area contributed by atoms with Crippen molar-refractivity contribution in [3.05, 3.63) is 35.4 Å². The van der Waals surface area contributed by atoms with Gasteiger partial charge in [-0.3, -0.25) is 0 Å². The molecule has 3 aliphatic rings. The van der Waals surface area contributed by atoms with E-state index in [9.17, 15) is 0 Å². The van der Waals surface area contributed by atoms with Crippen LogP contribution < -0.4 is 5.32 Å². The zero-order chi connectivity index (χ0) is 14.0. The molecule has 2 unspecified atom stereocenters. The molecule has 1 heteroatoms. The van der Waals surface area contributed by atoms with E-state index < -0.39 is 0 Å². The highest BCUT2D eigenvalue weighted by molar-refractivity contribution is 5.40. The average molecular weight is 269 g/mol. The van der Waals surface area contributed by atoms with Crippen molar-refractivity contribution in [2.75, 3.05) is 6.54 Å². The molecule has 0 spiro atoms. The summed E-state index contributed by atoms with van der Waals surface area (Å²) < 4.78 is 0. The minimum Gasteiger partial charge on any atom is -0.312 e. The van der Waals surface area contributed by atoms with Gasteiger partial charge in [-0.2, -0.15) is 0 Å². The number of nitrogens with one attached hydrogen (secondary N) is 1. The van der Waals surface area contributed by atoms with Crippen LogP contribution in [0.3, 0.4) is 0 Å². The van der Waals surface area contributed by atoms with Crippen LogP contribution in [0.1, 0.15) is 57.1 Å². The molecule has 2 fully saturated rings. The van der Waals surface area contributed by atoms with Crippen LogP contribution >= 0.6 is 0 Å². The van der Waals surface area contributed by atoms with Crippen LogP contribution in [-0.2, 0) is 6.42 Å². The lowest BCUT2D eigenvalue weighted by Gasteiger charge is -2.44. The first kappa shape index (κ1) is 12.9. The summed E-state index contributed by atoms with van der Waals surface area (Å²) >= 11 is 0. The normalized spacial score (nSPS) is 40.5. The molecular formula is C19H27N. The predicted molar refractivity (Wildman–Crippen MR) is 83.9 cm³/mol. The molecule has 108 valence electrons. The quantitative estimate of drug-likeness (QED) is 0.870. The third kappa shape index (κ3) is 1.65. The highest BCUT2D eigenvalue weighted by atomic mass is 15.0. The maximum Gasteiger partial charge on any atom is 0.0175 e. The van der Waals surface area contributed by atoms with Crippen molar-refractivity contribution in [3.8, 4) is 0 Å². The number of benzene rings is 1. The van der Waals surface area contributed by atoms with Gasteiger partial charge in [0.05, 0.1) is 0 Å². The Bertz CT molecular complexity index is 528. The number of rotatable bonds is 3. The first-order chi connectivity index (χ1) is 9.51. The van der Waals surface area contributed by atoms with Crippen molar-refractivity contribution in [3.63, 3.8) is 0 Å². The molecule has 4 rings (SSSR count). The van der Waals surface area contributed by atoms with Gasteiger partial charge < -0.3 is 5.32 Å². The number of hydrogen-bond acceptors (Lipinski definition) is 1. The van der Waals surface area contributed by atoms with Crippen LogP contribution in [0.2, 0.25) is 0 Å². The summed E-state index contributed by atoms with van der Waals surface area (Å²) in [5.74, 6) is 1.70. The summed E-state index contributed by atoms with van der Waals surface area (Å²) in [6, 6.07) is 9.67. The van der Waals surface area contributed by atoms with Crippen LogP contribution in [0, 0.1) is 16.7 Å². The highest BCUT2D eigenvalue weighted by Gasteiger charge is 2.59. The van der Waals surface area contributed by atoms with Crippen LogP contribution in [0.25, 0.3) is 0 Å². The van der Waals surface area contributed by atoms with Crippen LogP contribution in [-0.4, -0.2) is 12.6 Å². The molecule has 1 nitrogen and oxygen atoms in total. The standard InChI is InChI=1S/C19H27N/c1-18(2)15-8-9-19(3,11-15)17(18)20-12-14-10-13-6-4-5-7-16(13)14/h4-7,14-15,17,20H,8-12H2,1-3H3/t14?,15-,17?,19+/m0/s1. The first-order valence-electron chi connectivity index (χ1n) is 8.32. The Labute approximate surface area is 123 Å². The zero-order valence-electron chi connectivity index (χ0n) is 13.1. The van der Waals surface area contributed by atoms with E-state index in [0.717, 1.165) is 11.8 Å². The fourth-order valence-electron chi connectivity index (χ4n) is 5.62. The van der Waals surface area contributed by atoms with Crippen molar-refractivity contribution in [2.24, 2.45) is 16.7 Å². The van der Waals surface area contributed by atoms with Gasteiger partial charge in [0.25, 0.3) is 0 Å². The van der Waals surface area contributed by atoms with E-state index in [1.165, 1.54) is 32.2 Å². The molecule has 0 aliphatic heterocycles. The molecule has 0 heterocycles. The van der Waals surface area contributed by atoms with Gasteiger partial charge >= 0.3 is 0 Å². The summed E-state index contributed by atoms with van der Waals surface area (Å²) in [5, 5.41) is 3.99. The second-order valence-electron chi connectivity index (χ2n) is 8.36. The lowest BCUT2D eigenvalue weighted by molar-refractivity contribution is 0.107. The Morgan fingerprint density at radius 1 is 1.20 bits per heavy atom. The van der Waals surface area contributed by atoms with Gasteiger partial charge in [0.1, 0.15) is 0 Å². The third-order valence-electron chi connectivity index (χ3n) is 6.80. The Hall–Kier alpha value is -0.820. The van der Waals surface area contributed by atoms with E-state index in [1.54, 1.807) is 11.1 Å². The maximum atomic E-state index is 3.99. The van der Waals surface area contributed by atoms with Crippen LogP contribution in [0.15, 0.2) is 24.3 Å². The van der Waals surface area contributed by atoms with Crippen molar-refractivity contribution in [1.29, 1.82) is 0 Å². The molecule has 0 aromatic heterocycles. The molecule has 20 heavy (non-hydrogen) atoms. The van der Waals surface area contributed by atoms with E-state index in [2.05, 4.69) is 50.4 Å². The average Bonchev–Trinajstić information content (AvgIpc) is 2.85. The van der Waals surface area contributed by atoms with Gasteiger partial charge in [-0.15, -0.1) is 0 Å². The van der Waals surface area contributed by atoms with Gasteiger partial charge in [0.2, 0.25) is 0 Å². The minimum absolute atomic E-state index is 0.482. The maximum absolute atomic E-state index is 3.99. The van der Waals surface area contributed by atoms with E-state index in [0.29, 0.717) is 16.9 Å². The molecule has 2 bridgehead atoms. The molecule has 1 aromatic rings. The topological polar surface area (TPSA) is 12.0 Å². The molecule has 4 atom stereocenters. The zero-order valence-corrected chi connectivity index (χ0v) is 13.1. The summed E-state index contributed by atoms with van der Waals surface area (Å²) in [5.41, 5.74) is 4.19. The predicted octanol–water partition coefficient (Wildman–Crippen LogP) is 4.13. The summed E-state index contributed by atoms with van der Waals surface area (Å²) in [4.78, 5) is 0. The monoisotopic (exact) mass is 269 g/mol. The first-order valence-corrected chi connectivity index (χ1v) is 8.32. The lowest BCUT2D eigenvalue weighted by Crippen LogP contribution is -2.51. The molecule has 0 radical (unpaired) electrons. The van der Waals surface area contributed by atoms with Crippen molar-refractivity contribution >= 4 is 0 Å². The Morgan fingerprint density at radius 2 is 2.00 bits per heavy atom. The Morgan fingerprint density at radius 3 is 2.70 bits per heavy atom. The molecule has 0 amide bonds. The van der Waals surface area contributed by atoms with Crippen LogP contribution in [0.5, 0.6) is 0 Å². The molecule has 1 aromatic carbocycles. The van der Waals surface area contributed by atoms with Gasteiger partial charge in [0.15, 0.2) is 0 Å². The van der Waals surface area contributed by atoms with E-state index >= 15 is 0 Å². The highest BCUT2D eigenvalue weighted by Crippen LogP contribution is 2.62. The van der Waals surface area contributed by atoms with Crippen molar-refractivity contribution in [2.45, 2.75) is 58.4 Å². The van der Waals surface area contributed by atoms with Gasteiger partial charge in [-0.1, -0.05) is 45.0 Å². The molecule has 1 N–H and O–H groups in total. The lowest BCUT2D eigenvalue weighted by atomic mass is 9.68. The minimum atomic E-state index is 0.482. The van der Waals surface area contributed by atoms with Gasteiger partial charge in [0, 0.05) is 18.5 Å². The number of fused-ring (bicyclic) bond motifs is 3. The number of hydrogen-bond donors (Lipinski definition) is 1. The SMILES string of the molecule is CC1(C)C(NCC2Cc3ccccc32)[C@]2(C)CC[C@H]1C2. The molecule has 2 saturated carbocycles. The molecule has 0 saturated heterocycles. The fraction of sp³-hybridized carbons (Fsp3) is 0.684. The molecular weight excluding hydrogens is 242 g/mol. The van der Waals surface area contributed by atoms with E-state index in [1.807, 2.05) is 0 Å². The van der Waals surface area contributed by atoms with Gasteiger partial charge in [-0.05, 0) is 53.6 Å². The third-order valence-corrected chi connectivity index (χ3v) is 6.80. The Kier molecular flexibility index (Phi) is 2.64. The molecule has 3 aliphatic carbocycles. The second kappa shape index (κ2) is 4.10. The Balaban J connectivity index is 1.46. The summed E-state index contributed by atoms with van der Waals surface area (Å²) in [7, 11) is 0. The smallest absolute Gasteiger partial charge is 0.0175 e. The van der Waals surface area contributed by atoms with Crippen molar-refractivity contribution in [1.82, 2.24) is 5.32 Å². The summed E-state index contributed by atoms with van der Waals surface area (Å²) in [6.45, 7) is 8.69. The second-order valence-corrected chi connectivity index (χ2v) is 8.36. The largest absolute Gasteiger partial charge is 0.312 e. The summed E-state index contributed by atoms with van der Waals surface area (Å²) in [6.07, 6.45) is 5.60. The van der Waals surface area contributed by atoms with E-state index in [-0.39, 0.29) is 0 Å². The van der Waals surface area contributed by atoms with Crippen LogP contribution in [0.4, 0.5) is 0 Å². The fourth-order valence-corrected chi connectivity index (χ4v) is 5.62.